The Morgan fingerprint density at radius 3 is 2.53 bits per heavy atom. The Morgan fingerprint density at radius 1 is 1.08 bits per heavy atom. The zero-order chi connectivity index (χ0) is 25.3. The molecule has 186 valence electrons. The number of amides is 1. The number of aromatic nitrogens is 5. The summed E-state index contributed by atoms with van der Waals surface area (Å²) in [7, 11) is 0. The van der Waals surface area contributed by atoms with Crippen LogP contribution in [0, 0.1) is 5.41 Å². The van der Waals surface area contributed by atoms with E-state index in [-0.39, 0.29) is 5.41 Å². The molecule has 3 heterocycles. The summed E-state index contributed by atoms with van der Waals surface area (Å²) in [5.41, 5.74) is 2.92. The second kappa shape index (κ2) is 9.22. The minimum Gasteiger partial charge on any atom is -0.465 e. The number of hydrogen-bond donors (Lipinski definition) is 1. The van der Waals surface area contributed by atoms with Crippen molar-refractivity contribution in [3.8, 4) is 22.6 Å². The first-order valence-electron chi connectivity index (χ1n) is 12.1. The molecule has 4 aromatic rings. The van der Waals surface area contributed by atoms with Crippen molar-refractivity contribution < 1.29 is 14.4 Å². The van der Waals surface area contributed by atoms with E-state index in [1.165, 1.54) is 0 Å². The normalized spacial score (nSPS) is 18.0. The van der Waals surface area contributed by atoms with Crippen LogP contribution in [0.4, 0.5) is 4.79 Å². The van der Waals surface area contributed by atoms with Crippen molar-refractivity contribution >= 4 is 6.09 Å². The summed E-state index contributed by atoms with van der Waals surface area (Å²) in [5.74, 6) is 0.945. The lowest BCUT2D eigenvalue weighted by Gasteiger charge is -2.46. The number of nitrogens with zero attached hydrogens (tertiary/aromatic N) is 6. The maximum atomic E-state index is 12.0. The third-order valence-electron chi connectivity index (χ3n) is 7.19. The van der Waals surface area contributed by atoms with Gasteiger partial charge in [0.15, 0.2) is 0 Å². The van der Waals surface area contributed by atoms with Crippen LogP contribution in [-0.4, -0.2) is 53.3 Å². The maximum Gasteiger partial charge on any atom is 0.407 e. The molecule has 1 atom stereocenters. The van der Waals surface area contributed by atoms with E-state index in [0.717, 1.165) is 35.2 Å². The quantitative estimate of drug-likeness (QED) is 0.401. The molecule has 1 fully saturated rings. The van der Waals surface area contributed by atoms with E-state index >= 15 is 0 Å². The van der Waals surface area contributed by atoms with E-state index in [2.05, 4.69) is 41.2 Å². The Labute approximate surface area is 209 Å². The highest BCUT2D eigenvalue weighted by molar-refractivity contribution is 5.67. The average molecular weight is 487 g/mol. The number of benzene rings is 2. The molecule has 0 spiro atoms. The van der Waals surface area contributed by atoms with Crippen LogP contribution >= 0.6 is 0 Å². The first-order chi connectivity index (χ1) is 17.2. The van der Waals surface area contributed by atoms with E-state index < -0.39 is 11.6 Å². The zero-order valence-electron chi connectivity index (χ0n) is 20.8. The number of likely N-dealkylation sites (tertiary alicyclic amines) is 1. The van der Waals surface area contributed by atoms with Crippen LogP contribution in [0.3, 0.4) is 0 Å². The molecule has 1 unspecified atom stereocenters. The first kappa shape index (κ1) is 23.7. The van der Waals surface area contributed by atoms with Gasteiger partial charge in [-0.05, 0) is 23.8 Å². The second-order valence-corrected chi connectivity index (χ2v) is 10.4. The van der Waals surface area contributed by atoms with Gasteiger partial charge in [0.05, 0.1) is 24.7 Å². The molecule has 2 aromatic carbocycles. The molecule has 36 heavy (non-hydrogen) atoms. The van der Waals surface area contributed by atoms with Crippen LogP contribution in [0.5, 0.6) is 0 Å². The van der Waals surface area contributed by atoms with Gasteiger partial charge in [-0.25, -0.2) is 9.48 Å². The molecule has 0 radical (unpaired) electrons. The lowest BCUT2D eigenvalue weighted by atomic mass is 9.70. The molecule has 1 N–H and O–H groups in total. The van der Waals surface area contributed by atoms with Crippen molar-refractivity contribution in [3.63, 3.8) is 0 Å². The van der Waals surface area contributed by atoms with Gasteiger partial charge in [0.2, 0.25) is 11.7 Å². The van der Waals surface area contributed by atoms with Crippen molar-refractivity contribution in [2.45, 2.75) is 52.1 Å². The predicted octanol–water partition coefficient (Wildman–Crippen LogP) is 5.14. The Kier molecular flexibility index (Phi) is 6.07. The predicted molar refractivity (Wildman–Crippen MR) is 134 cm³/mol. The molecule has 0 saturated carbocycles. The lowest BCUT2D eigenvalue weighted by molar-refractivity contribution is 0.0254. The first-order valence-corrected chi connectivity index (χ1v) is 12.1. The number of hydrogen-bond acceptors (Lipinski definition) is 6. The van der Waals surface area contributed by atoms with Gasteiger partial charge in [0, 0.05) is 17.7 Å². The van der Waals surface area contributed by atoms with Gasteiger partial charge in [-0.2, -0.15) is 4.98 Å². The van der Waals surface area contributed by atoms with Crippen LogP contribution in [0.25, 0.3) is 22.6 Å². The fourth-order valence-electron chi connectivity index (χ4n) is 5.14. The van der Waals surface area contributed by atoms with Gasteiger partial charge < -0.3 is 14.5 Å². The molecule has 1 aliphatic rings. The number of rotatable bonds is 6. The topological polar surface area (TPSA) is 110 Å². The highest BCUT2D eigenvalue weighted by atomic mass is 16.5. The summed E-state index contributed by atoms with van der Waals surface area (Å²) in [6.45, 7) is 7.33. The molecule has 1 saturated heterocycles. The van der Waals surface area contributed by atoms with E-state index in [9.17, 15) is 9.90 Å². The minimum atomic E-state index is -0.902. The van der Waals surface area contributed by atoms with Crippen molar-refractivity contribution in [2.75, 3.05) is 6.54 Å². The Balaban J connectivity index is 1.30. The maximum absolute atomic E-state index is 12.0. The van der Waals surface area contributed by atoms with Crippen LogP contribution < -0.4 is 0 Å². The van der Waals surface area contributed by atoms with Crippen molar-refractivity contribution in [1.82, 2.24) is 30.0 Å². The van der Waals surface area contributed by atoms with Gasteiger partial charge in [-0.1, -0.05) is 85.7 Å². The Hall–Kier alpha value is -4.01. The van der Waals surface area contributed by atoms with Crippen molar-refractivity contribution in [3.05, 3.63) is 72.2 Å². The molecule has 0 bridgehead atoms. The Morgan fingerprint density at radius 2 is 1.83 bits per heavy atom. The zero-order valence-corrected chi connectivity index (χ0v) is 20.8. The van der Waals surface area contributed by atoms with Crippen molar-refractivity contribution in [2.24, 2.45) is 5.41 Å². The fraction of sp³-hybridized carbons (Fsp3) is 0.370. The van der Waals surface area contributed by atoms with Gasteiger partial charge >= 0.3 is 6.09 Å². The molecular formula is C27H30N6O3. The van der Waals surface area contributed by atoms with E-state index in [0.29, 0.717) is 31.2 Å². The SMILES string of the molecule is CC(C)(C)C1(Cc2nc(-c3ccc(Cn4cc(-c5ccccc5)nn4)cc3)no2)CCCN1C(=O)O. The minimum absolute atomic E-state index is 0.278. The Bertz CT molecular complexity index is 1340. The van der Waals surface area contributed by atoms with Crippen LogP contribution in [-0.2, 0) is 13.0 Å². The summed E-state index contributed by atoms with van der Waals surface area (Å²) in [6.07, 6.45) is 3.02. The largest absolute Gasteiger partial charge is 0.465 e. The lowest BCUT2D eigenvalue weighted by Crippen LogP contribution is -2.56. The highest BCUT2D eigenvalue weighted by Crippen LogP contribution is 2.46. The van der Waals surface area contributed by atoms with Crippen molar-refractivity contribution in [1.29, 1.82) is 0 Å². The number of carboxylic acid groups (broad SMARTS) is 1. The third kappa shape index (κ3) is 4.48. The van der Waals surface area contributed by atoms with E-state index in [4.69, 9.17) is 4.52 Å². The summed E-state index contributed by atoms with van der Waals surface area (Å²) >= 11 is 0. The average Bonchev–Trinajstić information content (AvgIpc) is 3.61. The fourth-order valence-corrected chi connectivity index (χ4v) is 5.14. The molecule has 9 heteroatoms. The van der Waals surface area contributed by atoms with Gasteiger partial charge in [-0.15, -0.1) is 5.10 Å². The van der Waals surface area contributed by atoms with E-state index in [1.807, 2.05) is 65.5 Å². The van der Waals surface area contributed by atoms with E-state index in [1.54, 1.807) is 4.90 Å². The highest BCUT2D eigenvalue weighted by Gasteiger charge is 2.52. The molecular weight excluding hydrogens is 456 g/mol. The molecule has 1 amide bonds. The standard InChI is InChI=1S/C27H30N6O3/c1-26(2,3)27(14-7-15-33(27)25(34)35)16-23-28-24(30-36-23)21-12-10-19(11-13-21)17-32-18-22(29-31-32)20-8-5-4-6-9-20/h4-6,8-13,18H,7,14-17H2,1-3H3,(H,34,35). The van der Waals surface area contributed by atoms with Gasteiger partial charge in [-0.3, -0.25) is 0 Å². The summed E-state index contributed by atoms with van der Waals surface area (Å²) in [6, 6.07) is 17.9. The molecule has 9 nitrogen and oxygen atoms in total. The second-order valence-electron chi connectivity index (χ2n) is 10.4. The van der Waals surface area contributed by atoms with Gasteiger partial charge in [0.25, 0.3) is 0 Å². The monoisotopic (exact) mass is 486 g/mol. The molecule has 5 rings (SSSR count). The van der Waals surface area contributed by atoms with Crippen LogP contribution in [0.2, 0.25) is 0 Å². The number of carbonyl (C=O) groups is 1. The summed E-state index contributed by atoms with van der Waals surface area (Å²) in [4.78, 5) is 18.1. The molecule has 1 aliphatic heterocycles. The molecule has 0 aliphatic carbocycles. The van der Waals surface area contributed by atoms with Gasteiger partial charge in [0.1, 0.15) is 5.69 Å². The third-order valence-corrected chi connectivity index (χ3v) is 7.19. The smallest absolute Gasteiger partial charge is 0.407 e. The van der Waals surface area contributed by atoms with Crippen LogP contribution in [0.15, 0.2) is 65.3 Å². The summed E-state index contributed by atoms with van der Waals surface area (Å²) in [5, 5.41) is 22.5. The summed E-state index contributed by atoms with van der Waals surface area (Å²) < 4.78 is 7.41. The molecule has 2 aromatic heterocycles. The van der Waals surface area contributed by atoms with Crippen LogP contribution in [0.1, 0.15) is 45.1 Å².